The fourth-order valence-corrected chi connectivity index (χ4v) is 2.75. The highest BCUT2D eigenvalue weighted by Crippen LogP contribution is 2.37. The molecule has 2 atom stereocenters. The fourth-order valence-electron chi connectivity index (χ4n) is 2.75. The zero-order chi connectivity index (χ0) is 11.8. The highest BCUT2D eigenvalue weighted by molar-refractivity contribution is 5.81. The second-order valence-electron chi connectivity index (χ2n) is 5.01. The largest absolute Gasteiger partial charge is 0.465 e. The summed E-state index contributed by atoms with van der Waals surface area (Å²) < 4.78 is 5.19. The van der Waals surface area contributed by atoms with Gasteiger partial charge in [0, 0.05) is 18.6 Å². The van der Waals surface area contributed by atoms with Crippen LogP contribution >= 0.6 is 0 Å². The smallest absolute Gasteiger partial charge is 0.327 e. The second-order valence-corrected chi connectivity index (χ2v) is 5.01. The number of carbonyl (C=O) groups excluding carboxylic acids is 1. The van der Waals surface area contributed by atoms with Gasteiger partial charge in [-0.3, -0.25) is 4.90 Å². The Bertz CT molecular complexity index is 278. The zero-order valence-corrected chi connectivity index (χ0v) is 10.5. The molecule has 1 aliphatic carbocycles. The Kier molecular flexibility index (Phi) is 3.22. The van der Waals surface area contributed by atoms with Crippen molar-refractivity contribution in [2.75, 3.05) is 20.2 Å². The highest BCUT2D eigenvalue weighted by atomic mass is 16.5. The molecule has 2 rings (SSSR count). The van der Waals surface area contributed by atoms with Gasteiger partial charge in [0.05, 0.1) is 6.61 Å². The lowest BCUT2D eigenvalue weighted by atomic mass is 9.97. The number of carbonyl (C=O) groups is 1. The van der Waals surface area contributed by atoms with Crippen molar-refractivity contribution in [2.24, 2.45) is 0 Å². The molecule has 92 valence electrons. The first kappa shape index (κ1) is 11.9. The maximum atomic E-state index is 12.0. The molecule has 1 N–H and O–H groups in total. The Morgan fingerprint density at radius 1 is 1.56 bits per heavy atom. The average molecular weight is 226 g/mol. The van der Waals surface area contributed by atoms with Crippen LogP contribution in [0.3, 0.4) is 0 Å². The average Bonchev–Trinajstić information content (AvgIpc) is 3.03. The van der Waals surface area contributed by atoms with E-state index < -0.39 is 5.54 Å². The van der Waals surface area contributed by atoms with E-state index >= 15 is 0 Å². The van der Waals surface area contributed by atoms with Gasteiger partial charge < -0.3 is 10.1 Å². The van der Waals surface area contributed by atoms with Crippen LogP contribution in [0.25, 0.3) is 0 Å². The van der Waals surface area contributed by atoms with Crippen LogP contribution in [-0.2, 0) is 9.53 Å². The summed E-state index contributed by atoms with van der Waals surface area (Å²) in [6.45, 7) is 5.32. The van der Waals surface area contributed by atoms with Gasteiger partial charge in [-0.2, -0.15) is 0 Å². The summed E-state index contributed by atoms with van der Waals surface area (Å²) in [5, 5.41) is 3.19. The molecule has 4 heteroatoms. The lowest BCUT2D eigenvalue weighted by Crippen LogP contribution is -2.53. The fraction of sp³-hybridized carbons (Fsp3) is 0.917. The quantitative estimate of drug-likeness (QED) is 0.719. The molecule has 0 spiro atoms. The highest BCUT2D eigenvalue weighted by Gasteiger charge is 2.51. The summed E-state index contributed by atoms with van der Waals surface area (Å²) in [6, 6.07) is 1.18. The van der Waals surface area contributed by atoms with Crippen LogP contribution in [0, 0.1) is 0 Å². The van der Waals surface area contributed by atoms with E-state index in [1.165, 1.54) is 12.8 Å². The number of hydrogen-bond acceptors (Lipinski definition) is 4. The number of likely N-dealkylation sites (tertiary alicyclic amines) is 1. The first-order valence-electron chi connectivity index (χ1n) is 6.25. The van der Waals surface area contributed by atoms with Crippen LogP contribution in [0.15, 0.2) is 0 Å². The molecule has 16 heavy (non-hydrogen) atoms. The van der Waals surface area contributed by atoms with E-state index in [2.05, 4.69) is 17.1 Å². The molecule has 0 aromatic carbocycles. The van der Waals surface area contributed by atoms with Crippen molar-refractivity contribution in [3.63, 3.8) is 0 Å². The summed E-state index contributed by atoms with van der Waals surface area (Å²) in [7, 11) is 1.86. The molecule has 0 amide bonds. The van der Waals surface area contributed by atoms with Crippen LogP contribution in [0.5, 0.6) is 0 Å². The number of nitrogens with zero attached hydrogens (tertiary/aromatic N) is 1. The molecular weight excluding hydrogens is 204 g/mol. The van der Waals surface area contributed by atoms with E-state index in [0.29, 0.717) is 18.7 Å². The predicted molar refractivity (Wildman–Crippen MR) is 62.2 cm³/mol. The summed E-state index contributed by atoms with van der Waals surface area (Å²) in [4.78, 5) is 14.5. The Labute approximate surface area is 97.3 Å². The number of ether oxygens (including phenoxy) is 1. The Hall–Kier alpha value is -0.610. The first-order chi connectivity index (χ1) is 7.63. The molecule has 1 aliphatic heterocycles. The Morgan fingerprint density at radius 2 is 2.25 bits per heavy atom. The van der Waals surface area contributed by atoms with Crippen LogP contribution in [0.4, 0.5) is 0 Å². The SMILES string of the molecule is CCOC(=O)C1(NC)CC(C)N(C2CC2)C1. The monoisotopic (exact) mass is 226 g/mol. The van der Waals surface area contributed by atoms with Gasteiger partial charge in [0.2, 0.25) is 0 Å². The predicted octanol–water partition coefficient (Wildman–Crippen LogP) is 0.764. The van der Waals surface area contributed by atoms with Crippen molar-refractivity contribution in [2.45, 2.75) is 50.7 Å². The molecule has 0 aromatic rings. The number of nitrogens with one attached hydrogen (secondary N) is 1. The Balaban J connectivity index is 2.07. The molecule has 1 heterocycles. The molecule has 4 nitrogen and oxygen atoms in total. The third kappa shape index (κ3) is 1.96. The van der Waals surface area contributed by atoms with Gasteiger partial charge in [0.1, 0.15) is 5.54 Å². The van der Waals surface area contributed by atoms with Gasteiger partial charge in [0.25, 0.3) is 0 Å². The third-order valence-electron chi connectivity index (χ3n) is 3.82. The van der Waals surface area contributed by atoms with E-state index in [4.69, 9.17) is 4.74 Å². The van der Waals surface area contributed by atoms with Gasteiger partial charge in [-0.05, 0) is 40.2 Å². The normalized spacial score (nSPS) is 35.3. The maximum Gasteiger partial charge on any atom is 0.327 e. The van der Waals surface area contributed by atoms with Gasteiger partial charge >= 0.3 is 5.97 Å². The van der Waals surface area contributed by atoms with Gasteiger partial charge in [-0.25, -0.2) is 4.79 Å². The number of rotatable bonds is 4. The summed E-state index contributed by atoms with van der Waals surface area (Å²) in [6.07, 6.45) is 3.43. The molecule has 0 bridgehead atoms. The van der Waals surface area contributed by atoms with Crippen molar-refractivity contribution >= 4 is 5.97 Å². The zero-order valence-electron chi connectivity index (χ0n) is 10.5. The number of likely N-dealkylation sites (N-methyl/N-ethyl adjacent to an activating group) is 1. The third-order valence-corrected chi connectivity index (χ3v) is 3.82. The molecule has 0 aromatic heterocycles. The topological polar surface area (TPSA) is 41.6 Å². The van der Waals surface area contributed by atoms with E-state index in [-0.39, 0.29) is 5.97 Å². The van der Waals surface area contributed by atoms with Gasteiger partial charge in [-0.1, -0.05) is 0 Å². The van der Waals surface area contributed by atoms with E-state index in [1.54, 1.807) is 0 Å². The summed E-state index contributed by atoms with van der Waals surface area (Å²) >= 11 is 0. The standard InChI is InChI=1S/C12H22N2O2/c1-4-16-11(15)12(13-3)7-9(2)14(8-12)10-5-6-10/h9-10,13H,4-8H2,1-3H3. The van der Waals surface area contributed by atoms with Crippen LogP contribution in [0.2, 0.25) is 0 Å². The number of hydrogen-bond donors (Lipinski definition) is 1. The van der Waals surface area contributed by atoms with E-state index in [1.807, 2.05) is 14.0 Å². The molecule has 1 saturated carbocycles. The molecular formula is C12H22N2O2. The van der Waals surface area contributed by atoms with Gasteiger partial charge in [0.15, 0.2) is 0 Å². The lowest BCUT2D eigenvalue weighted by molar-refractivity contribution is -0.150. The molecule has 0 radical (unpaired) electrons. The van der Waals surface area contributed by atoms with Crippen molar-refractivity contribution in [1.82, 2.24) is 10.2 Å². The van der Waals surface area contributed by atoms with Crippen LogP contribution < -0.4 is 5.32 Å². The van der Waals surface area contributed by atoms with Crippen LogP contribution in [-0.4, -0.2) is 48.7 Å². The van der Waals surface area contributed by atoms with Crippen molar-refractivity contribution < 1.29 is 9.53 Å². The van der Waals surface area contributed by atoms with E-state index in [0.717, 1.165) is 13.0 Å². The minimum Gasteiger partial charge on any atom is -0.465 e. The second kappa shape index (κ2) is 4.34. The molecule has 2 aliphatic rings. The Morgan fingerprint density at radius 3 is 2.75 bits per heavy atom. The van der Waals surface area contributed by atoms with Gasteiger partial charge in [-0.15, -0.1) is 0 Å². The van der Waals surface area contributed by atoms with Crippen LogP contribution in [0.1, 0.15) is 33.1 Å². The molecule has 1 saturated heterocycles. The van der Waals surface area contributed by atoms with Crippen molar-refractivity contribution in [3.8, 4) is 0 Å². The van der Waals surface area contributed by atoms with Crippen molar-refractivity contribution in [1.29, 1.82) is 0 Å². The van der Waals surface area contributed by atoms with E-state index in [9.17, 15) is 4.79 Å². The molecule has 2 fully saturated rings. The number of esters is 1. The molecule has 2 unspecified atom stereocenters. The summed E-state index contributed by atoms with van der Waals surface area (Å²) in [5.74, 6) is -0.0903. The minimum absolute atomic E-state index is 0.0903. The maximum absolute atomic E-state index is 12.0. The lowest BCUT2D eigenvalue weighted by Gasteiger charge is -2.26. The first-order valence-corrected chi connectivity index (χ1v) is 6.25. The van der Waals surface area contributed by atoms with Crippen molar-refractivity contribution in [3.05, 3.63) is 0 Å². The summed E-state index contributed by atoms with van der Waals surface area (Å²) in [5.41, 5.74) is -0.474. The minimum atomic E-state index is -0.474.